The summed E-state index contributed by atoms with van der Waals surface area (Å²) in [6.45, 7) is 8.67. The first-order valence-electron chi connectivity index (χ1n) is 7.26. The molecule has 110 valence electrons. The first-order chi connectivity index (χ1) is 9.46. The van der Waals surface area contributed by atoms with E-state index in [-0.39, 0.29) is 5.54 Å². The molecule has 2 rings (SSSR count). The predicted octanol–water partition coefficient (Wildman–Crippen LogP) is 2.35. The molecule has 0 unspecified atom stereocenters. The summed E-state index contributed by atoms with van der Waals surface area (Å²) < 4.78 is 0. The summed E-state index contributed by atoms with van der Waals surface area (Å²) in [4.78, 5) is 13.3. The van der Waals surface area contributed by atoms with E-state index in [0.29, 0.717) is 5.56 Å². The zero-order chi connectivity index (χ0) is 14.6. The third-order valence-electron chi connectivity index (χ3n) is 3.79. The molecule has 0 spiro atoms. The van der Waals surface area contributed by atoms with Gasteiger partial charge in [-0.2, -0.15) is 0 Å². The third kappa shape index (κ3) is 4.32. The Morgan fingerprint density at radius 2 is 1.85 bits per heavy atom. The van der Waals surface area contributed by atoms with Crippen molar-refractivity contribution in [1.29, 1.82) is 0 Å². The minimum atomic E-state index is -0.876. The van der Waals surface area contributed by atoms with Crippen LogP contribution in [0.2, 0.25) is 0 Å². The smallest absolute Gasteiger partial charge is 0.335 e. The van der Waals surface area contributed by atoms with Crippen molar-refractivity contribution in [3.63, 3.8) is 0 Å². The first kappa shape index (κ1) is 15.0. The van der Waals surface area contributed by atoms with Crippen molar-refractivity contribution in [2.75, 3.05) is 19.6 Å². The lowest BCUT2D eigenvalue weighted by Crippen LogP contribution is -2.48. The van der Waals surface area contributed by atoms with Crippen LogP contribution >= 0.6 is 0 Å². The highest BCUT2D eigenvalue weighted by Crippen LogP contribution is 2.14. The fraction of sp³-hybridized carbons (Fsp3) is 0.562. The van der Waals surface area contributed by atoms with Crippen molar-refractivity contribution in [2.24, 2.45) is 0 Å². The second kappa shape index (κ2) is 6.37. The van der Waals surface area contributed by atoms with Crippen molar-refractivity contribution in [2.45, 2.75) is 38.8 Å². The number of carbonyl (C=O) groups is 1. The second-order valence-electron chi connectivity index (χ2n) is 6.22. The van der Waals surface area contributed by atoms with Gasteiger partial charge >= 0.3 is 5.97 Å². The maximum Gasteiger partial charge on any atom is 0.335 e. The molecule has 1 heterocycles. The highest BCUT2D eigenvalue weighted by atomic mass is 16.4. The molecule has 4 nitrogen and oxygen atoms in total. The van der Waals surface area contributed by atoms with E-state index in [1.54, 1.807) is 12.1 Å². The van der Waals surface area contributed by atoms with Crippen molar-refractivity contribution in [3.05, 3.63) is 35.4 Å². The number of benzene rings is 1. The van der Waals surface area contributed by atoms with Crippen LogP contribution in [-0.4, -0.2) is 41.1 Å². The van der Waals surface area contributed by atoms with Crippen LogP contribution in [0.5, 0.6) is 0 Å². The van der Waals surface area contributed by atoms with E-state index in [4.69, 9.17) is 5.11 Å². The van der Waals surface area contributed by atoms with Gasteiger partial charge in [-0.1, -0.05) is 12.1 Å². The quantitative estimate of drug-likeness (QED) is 0.837. The van der Waals surface area contributed by atoms with Crippen LogP contribution in [0.4, 0.5) is 0 Å². The summed E-state index contributed by atoms with van der Waals surface area (Å²) in [6.07, 6.45) is 2.62. The molecule has 20 heavy (non-hydrogen) atoms. The number of hydrogen-bond donors (Lipinski definition) is 2. The molecule has 0 bridgehead atoms. The molecule has 0 aromatic heterocycles. The third-order valence-corrected chi connectivity index (χ3v) is 3.79. The Morgan fingerprint density at radius 1 is 1.25 bits per heavy atom. The molecule has 0 atom stereocenters. The normalized spacial score (nSPS) is 16.5. The van der Waals surface area contributed by atoms with E-state index < -0.39 is 5.97 Å². The summed E-state index contributed by atoms with van der Waals surface area (Å²) in [7, 11) is 0. The Kier molecular flexibility index (Phi) is 4.78. The van der Waals surface area contributed by atoms with E-state index in [1.807, 2.05) is 12.1 Å². The van der Waals surface area contributed by atoms with Crippen LogP contribution in [0.3, 0.4) is 0 Å². The molecule has 1 aromatic rings. The molecular weight excluding hydrogens is 252 g/mol. The minimum Gasteiger partial charge on any atom is -0.478 e. The number of nitrogens with zero attached hydrogens (tertiary/aromatic N) is 1. The van der Waals surface area contributed by atoms with E-state index in [9.17, 15) is 4.79 Å². The van der Waals surface area contributed by atoms with Crippen molar-refractivity contribution in [3.8, 4) is 0 Å². The molecule has 0 radical (unpaired) electrons. The van der Waals surface area contributed by atoms with Gasteiger partial charge in [-0.15, -0.1) is 0 Å². The average molecular weight is 276 g/mol. The summed E-state index contributed by atoms with van der Waals surface area (Å²) in [5.74, 6) is -0.876. The van der Waals surface area contributed by atoms with E-state index in [0.717, 1.165) is 18.7 Å². The second-order valence-corrected chi connectivity index (χ2v) is 6.22. The SMILES string of the molecule is CC(C)(CN1CCCC1)NCc1ccc(C(=O)O)cc1. The summed E-state index contributed by atoms with van der Waals surface area (Å²) in [5, 5.41) is 12.4. The Balaban J connectivity index is 1.85. The molecule has 2 N–H and O–H groups in total. The number of aromatic carboxylic acids is 1. The van der Waals surface area contributed by atoms with Crippen molar-refractivity contribution >= 4 is 5.97 Å². The molecule has 0 aliphatic carbocycles. The average Bonchev–Trinajstić information content (AvgIpc) is 2.89. The first-order valence-corrected chi connectivity index (χ1v) is 7.26. The fourth-order valence-corrected chi connectivity index (χ4v) is 2.66. The number of likely N-dealkylation sites (tertiary alicyclic amines) is 1. The van der Waals surface area contributed by atoms with E-state index in [1.165, 1.54) is 25.9 Å². The van der Waals surface area contributed by atoms with Crippen LogP contribution in [-0.2, 0) is 6.54 Å². The molecule has 1 aliphatic rings. The Morgan fingerprint density at radius 3 is 2.40 bits per heavy atom. The van der Waals surface area contributed by atoms with Crippen molar-refractivity contribution < 1.29 is 9.90 Å². The Hall–Kier alpha value is -1.39. The summed E-state index contributed by atoms with van der Waals surface area (Å²) in [6, 6.07) is 7.07. The highest BCUT2D eigenvalue weighted by Gasteiger charge is 2.22. The zero-order valence-electron chi connectivity index (χ0n) is 12.4. The monoisotopic (exact) mass is 276 g/mol. The molecule has 0 saturated carbocycles. The summed E-state index contributed by atoms with van der Waals surface area (Å²) >= 11 is 0. The van der Waals surface area contributed by atoms with Crippen LogP contribution < -0.4 is 5.32 Å². The minimum absolute atomic E-state index is 0.0653. The van der Waals surface area contributed by atoms with E-state index in [2.05, 4.69) is 24.1 Å². The molecular formula is C16H24N2O2. The Bertz CT molecular complexity index is 448. The van der Waals surface area contributed by atoms with E-state index >= 15 is 0 Å². The van der Waals surface area contributed by atoms with Crippen molar-refractivity contribution in [1.82, 2.24) is 10.2 Å². The standard InChI is InChI=1S/C16H24N2O2/c1-16(2,12-18-9-3-4-10-18)17-11-13-5-7-14(8-6-13)15(19)20/h5-8,17H,3-4,9-12H2,1-2H3,(H,19,20). The lowest BCUT2D eigenvalue weighted by Gasteiger charge is -2.31. The number of rotatable bonds is 6. The number of nitrogens with one attached hydrogen (secondary N) is 1. The lowest BCUT2D eigenvalue weighted by atomic mass is 10.0. The fourth-order valence-electron chi connectivity index (χ4n) is 2.66. The van der Waals surface area contributed by atoms with Gasteiger partial charge in [0, 0.05) is 18.6 Å². The molecule has 4 heteroatoms. The van der Waals surface area contributed by atoms with Gasteiger partial charge in [0.1, 0.15) is 0 Å². The van der Waals surface area contributed by atoms with Gasteiger partial charge in [0.2, 0.25) is 0 Å². The van der Waals surface area contributed by atoms with Gasteiger partial charge in [0.15, 0.2) is 0 Å². The molecule has 0 amide bonds. The van der Waals surface area contributed by atoms with Crippen LogP contribution in [0.25, 0.3) is 0 Å². The predicted molar refractivity (Wildman–Crippen MR) is 80.0 cm³/mol. The summed E-state index contributed by atoms with van der Waals surface area (Å²) in [5.41, 5.74) is 1.52. The zero-order valence-corrected chi connectivity index (χ0v) is 12.4. The molecule has 1 saturated heterocycles. The number of carboxylic acids is 1. The van der Waals surface area contributed by atoms with Gasteiger partial charge in [-0.05, 0) is 57.5 Å². The maximum absolute atomic E-state index is 10.8. The largest absolute Gasteiger partial charge is 0.478 e. The van der Waals surface area contributed by atoms with Gasteiger partial charge in [-0.3, -0.25) is 0 Å². The van der Waals surface area contributed by atoms with Gasteiger partial charge < -0.3 is 15.3 Å². The van der Waals surface area contributed by atoms with Crippen LogP contribution in [0.15, 0.2) is 24.3 Å². The lowest BCUT2D eigenvalue weighted by molar-refractivity contribution is 0.0697. The van der Waals surface area contributed by atoms with Crippen LogP contribution in [0.1, 0.15) is 42.6 Å². The maximum atomic E-state index is 10.8. The molecule has 1 aliphatic heterocycles. The topological polar surface area (TPSA) is 52.6 Å². The molecule has 1 fully saturated rings. The highest BCUT2D eigenvalue weighted by molar-refractivity contribution is 5.87. The number of hydrogen-bond acceptors (Lipinski definition) is 3. The Labute approximate surface area is 120 Å². The van der Waals surface area contributed by atoms with Gasteiger partial charge in [-0.25, -0.2) is 4.79 Å². The van der Waals surface area contributed by atoms with Crippen LogP contribution in [0, 0.1) is 0 Å². The van der Waals surface area contributed by atoms with Gasteiger partial charge in [0.05, 0.1) is 5.56 Å². The number of carboxylic acid groups (broad SMARTS) is 1. The van der Waals surface area contributed by atoms with Gasteiger partial charge in [0.25, 0.3) is 0 Å². The molecule has 1 aromatic carbocycles.